The third-order valence-corrected chi connectivity index (χ3v) is 7.89. The van der Waals surface area contributed by atoms with Gasteiger partial charge in [0.1, 0.15) is 24.1 Å². The predicted octanol–water partition coefficient (Wildman–Crippen LogP) is 4.51. The second-order valence-corrected chi connectivity index (χ2v) is 10.6. The highest BCUT2D eigenvalue weighted by Crippen LogP contribution is 2.35. The van der Waals surface area contributed by atoms with Crippen molar-refractivity contribution in [2.75, 3.05) is 18.4 Å². The molecule has 0 saturated carbocycles. The van der Waals surface area contributed by atoms with E-state index in [4.69, 9.17) is 0 Å². The Balaban J connectivity index is 1.22. The van der Waals surface area contributed by atoms with Gasteiger partial charge < -0.3 is 10.6 Å². The van der Waals surface area contributed by atoms with Crippen molar-refractivity contribution >= 4 is 39.9 Å². The first-order valence-electron chi connectivity index (χ1n) is 13.6. The van der Waals surface area contributed by atoms with E-state index >= 15 is 0 Å². The fourth-order valence-electron chi connectivity index (χ4n) is 5.96. The fraction of sp³-hybridized carbons (Fsp3) is 0.300. The van der Waals surface area contributed by atoms with Crippen LogP contribution in [0.3, 0.4) is 0 Å². The molecule has 42 heavy (non-hydrogen) atoms. The van der Waals surface area contributed by atoms with Crippen LogP contribution in [0.25, 0.3) is 10.9 Å². The first-order chi connectivity index (χ1) is 20.2. The minimum Gasteiger partial charge on any atom is -0.353 e. The minimum absolute atomic E-state index is 0.116. The fourth-order valence-corrected chi connectivity index (χ4v) is 5.96. The molecule has 1 amide bonds. The molecule has 3 atom stereocenters. The van der Waals surface area contributed by atoms with Crippen LogP contribution in [0.5, 0.6) is 0 Å². The summed E-state index contributed by atoms with van der Waals surface area (Å²) in [5.74, 6) is -2.37. The van der Waals surface area contributed by atoms with E-state index in [0.717, 1.165) is 12.1 Å². The van der Waals surface area contributed by atoms with Crippen molar-refractivity contribution in [2.45, 2.75) is 44.4 Å². The lowest BCUT2D eigenvalue weighted by Gasteiger charge is -2.25. The summed E-state index contributed by atoms with van der Waals surface area (Å²) < 4.78 is 44.6. The highest BCUT2D eigenvalue weighted by Gasteiger charge is 2.40. The number of benzene rings is 2. The number of nitrogens with zero attached hydrogens (tertiary/aromatic N) is 4. The van der Waals surface area contributed by atoms with Gasteiger partial charge in [-0.1, -0.05) is 0 Å². The number of hydrogen-bond acceptors (Lipinski definition) is 7. The minimum atomic E-state index is -1.34. The summed E-state index contributed by atoms with van der Waals surface area (Å²) in [7, 11) is 0. The third-order valence-electron chi connectivity index (χ3n) is 7.89. The van der Waals surface area contributed by atoms with Crippen LogP contribution in [0, 0.1) is 11.6 Å². The van der Waals surface area contributed by atoms with Gasteiger partial charge in [-0.25, -0.2) is 23.1 Å². The van der Waals surface area contributed by atoms with Crippen molar-refractivity contribution in [2.24, 2.45) is 0 Å². The van der Waals surface area contributed by atoms with Crippen LogP contribution in [-0.4, -0.2) is 62.3 Å². The molecular weight excluding hydrogens is 549 g/mol. The number of carbonyl (C=O) groups is 3. The summed E-state index contributed by atoms with van der Waals surface area (Å²) >= 11 is 0. The lowest BCUT2D eigenvalue weighted by Crippen LogP contribution is -2.46. The Bertz CT molecular complexity index is 1710. The Morgan fingerprint density at radius 3 is 2.57 bits per heavy atom. The topological polar surface area (TPSA) is 109 Å². The third kappa shape index (κ3) is 5.13. The number of hydrogen-bond donors (Lipinski definition) is 2. The zero-order valence-corrected chi connectivity index (χ0v) is 22.6. The van der Waals surface area contributed by atoms with Crippen molar-refractivity contribution in [1.29, 1.82) is 0 Å². The highest BCUT2D eigenvalue weighted by atomic mass is 19.1. The van der Waals surface area contributed by atoms with Crippen molar-refractivity contribution in [3.8, 4) is 0 Å². The smallest absolute Gasteiger partial charge is 0.245 e. The van der Waals surface area contributed by atoms with Gasteiger partial charge in [-0.3, -0.25) is 23.9 Å². The Hall–Kier alpha value is -4.58. The van der Waals surface area contributed by atoms with Gasteiger partial charge >= 0.3 is 0 Å². The van der Waals surface area contributed by atoms with E-state index in [1.165, 1.54) is 28.9 Å². The molecule has 9 nitrogen and oxygen atoms in total. The van der Waals surface area contributed by atoms with Gasteiger partial charge in [0, 0.05) is 41.4 Å². The first kappa shape index (κ1) is 27.6. The molecule has 0 spiro atoms. The molecule has 1 aliphatic carbocycles. The lowest BCUT2D eigenvalue weighted by molar-refractivity contribution is -0.126. The summed E-state index contributed by atoms with van der Waals surface area (Å²) in [6.45, 7) is 0.977. The van der Waals surface area contributed by atoms with Crippen molar-refractivity contribution in [3.63, 3.8) is 0 Å². The number of nitrogens with one attached hydrogen (secondary N) is 2. The molecule has 0 radical (unpaired) electrons. The summed E-state index contributed by atoms with van der Waals surface area (Å²) in [5.41, 5.74) is 2.47. The van der Waals surface area contributed by atoms with Crippen LogP contribution < -0.4 is 10.6 Å². The summed E-state index contributed by atoms with van der Waals surface area (Å²) in [6.07, 6.45) is 5.17. The van der Waals surface area contributed by atoms with Crippen LogP contribution >= 0.6 is 0 Å². The number of rotatable bonds is 7. The van der Waals surface area contributed by atoms with E-state index in [-0.39, 0.29) is 42.8 Å². The number of carbonyl (C=O) groups excluding carboxylic acids is 3. The molecule has 1 aliphatic heterocycles. The van der Waals surface area contributed by atoms with Crippen molar-refractivity contribution in [1.82, 2.24) is 24.8 Å². The van der Waals surface area contributed by atoms with Crippen molar-refractivity contribution < 1.29 is 27.6 Å². The molecule has 1 unspecified atom stereocenters. The molecule has 1 saturated heterocycles. The summed E-state index contributed by atoms with van der Waals surface area (Å²) in [6, 6.07) is 5.57. The van der Waals surface area contributed by atoms with E-state index in [1.807, 2.05) is 0 Å². The number of halogens is 3. The van der Waals surface area contributed by atoms with E-state index in [2.05, 4.69) is 20.6 Å². The molecule has 4 aromatic rings. The van der Waals surface area contributed by atoms with Crippen LogP contribution in [0.2, 0.25) is 0 Å². The quantitative estimate of drug-likeness (QED) is 0.312. The molecule has 3 heterocycles. The number of anilines is 2. The number of aromatic nitrogens is 3. The van der Waals surface area contributed by atoms with Crippen LogP contribution in [0.4, 0.5) is 24.5 Å². The molecular formula is C30H27F3N6O3. The van der Waals surface area contributed by atoms with Gasteiger partial charge in [0.05, 0.1) is 42.2 Å². The van der Waals surface area contributed by atoms with E-state index in [9.17, 15) is 27.6 Å². The zero-order valence-electron chi connectivity index (χ0n) is 22.6. The molecule has 216 valence electrons. The average Bonchev–Trinajstić information content (AvgIpc) is 3.67. The molecule has 2 N–H and O–H groups in total. The Morgan fingerprint density at radius 1 is 1.05 bits per heavy atom. The van der Waals surface area contributed by atoms with E-state index in [1.54, 1.807) is 30.6 Å². The Morgan fingerprint density at radius 2 is 1.81 bits per heavy atom. The maximum Gasteiger partial charge on any atom is 0.245 e. The SMILES string of the molecule is CC(=O)c1cn(C(=O)CN2C[C@H](F)C[C@H]2C(=O)NC2CCc3c(F)ccc(F)c32)c2ccc(Nc3cncnc3)cc12. The number of ketones is 1. The first-order valence-corrected chi connectivity index (χ1v) is 13.6. The van der Waals surface area contributed by atoms with Gasteiger partial charge in [-0.05, 0) is 55.7 Å². The number of likely N-dealkylation sites (tertiary alicyclic amines) is 1. The van der Waals surface area contributed by atoms with Crippen molar-refractivity contribution in [3.05, 3.63) is 83.6 Å². The van der Waals surface area contributed by atoms with Gasteiger partial charge in [-0.2, -0.15) is 0 Å². The van der Waals surface area contributed by atoms with E-state index < -0.39 is 41.7 Å². The second-order valence-electron chi connectivity index (χ2n) is 10.6. The predicted molar refractivity (Wildman–Crippen MR) is 148 cm³/mol. The monoisotopic (exact) mass is 576 g/mol. The normalized spacial score (nSPS) is 20.0. The number of amides is 1. The van der Waals surface area contributed by atoms with E-state index in [0.29, 0.717) is 34.3 Å². The van der Waals surface area contributed by atoms with Gasteiger partial charge in [-0.15, -0.1) is 0 Å². The van der Waals surface area contributed by atoms with Crippen LogP contribution in [-0.2, 0) is 11.2 Å². The highest BCUT2D eigenvalue weighted by molar-refractivity contribution is 6.10. The lowest BCUT2D eigenvalue weighted by atomic mass is 10.1. The summed E-state index contributed by atoms with van der Waals surface area (Å²) in [4.78, 5) is 48.6. The van der Waals surface area contributed by atoms with Gasteiger partial charge in [0.25, 0.3) is 0 Å². The van der Waals surface area contributed by atoms with Gasteiger partial charge in [0.2, 0.25) is 11.8 Å². The maximum absolute atomic E-state index is 14.6. The number of Topliss-reactive ketones (excluding diaryl/α,β-unsaturated/α-hetero) is 1. The number of alkyl halides is 1. The molecule has 2 aromatic heterocycles. The van der Waals surface area contributed by atoms with Crippen LogP contribution in [0.15, 0.2) is 55.2 Å². The van der Waals surface area contributed by atoms with Crippen LogP contribution in [0.1, 0.15) is 52.1 Å². The Kier molecular flexibility index (Phi) is 7.23. The zero-order chi connectivity index (χ0) is 29.5. The largest absolute Gasteiger partial charge is 0.353 e. The molecule has 0 bridgehead atoms. The molecule has 1 fully saturated rings. The summed E-state index contributed by atoms with van der Waals surface area (Å²) in [5, 5.41) is 6.45. The number of fused-ring (bicyclic) bond motifs is 2. The molecule has 2 aliphatic rings. The maximum atomic E-state index is 14.6. The molecule has 6 rings (SSSR count). The molecule has 2 aromatic carbocycles. The molecule has 12 heteroatoms. The Labute approximate surface area is 238 Å². The second kappa shape index (κ2) is 11.0. The average molecular weight is 577 g/mol. The standard InChI is InChI=1S/C30H27F3N6O3/c1-16(40)22-13-39(26-7-2-18(9-21(22)26)36-19-10-34-15-35-11-19)28(41)14-38-12-17(31)8-27(38)30(42)37-25-6-3-20-23(32)4-5-24(33)29(20)25/h2,4-5,7,9-11,13,15,17,25,27,36H,3,6,8,12,14H2,1H3,(H,37,42)/t17-,25?,27+/m1/s1. The van der Waals surface area contributed by atoms with Gasteiger partial charge in [0.15, 0.2) is 5.78 Å².